The SMILES string of the molecule is ON=Cc1cccc(OCc2cscn2)c1-c1ccc(C(F)(F)F)cc1. The van der Waals surface area contributed by atoms with Gasteiger partial charge in [0.25, 0.3) is 0 Å². The van der Waals surface area contributed by atoms with Gasteiger partial charge in [-0.15, -0.1) is 11.3 Å². The zero-order chi connectivity index (χ0) is 18.6. The van der Waals surface area contributed by atoms with Gasteiger partial charge in [-0.05, 0) is 23.8 Å². The molecule has 0 saturated carbocycles. The molecule has 0 fully saturated rings. The highest BCUT2D eigenvalue weighted by atomic mass is 32.1. The third kappa shape index (κ3) is 4.02. The van der Waals surface area contributed by atoms with Crippen LogP contribution in [0.1, 0.15) is 16.8 Å². The van der Waals surface area contributed by atoms with Crippen molar-refractivity contribution in [1.82, 2.24) is 4.98 Å². The lowest BCUT2D eigenvalue weighted by atomic mass is 9.98. The van der Waals surface area contributed by atoms with Crippen LogP contribution in [0, 0.1) is 0 Å². The van der Waals surface area contributed by atoms with E-state index in [1.807, 2.05) is 5.38 Å². The van der Waals surface area contributed by atoms with E-state index in [1.54, 1.807) is 23.7 Å². The second-order valence-corrected chi connectivity index (χ2v) is 6.03. The predicted molar refractivity (Wildman–Crippen MR) is 92.7 cm³/mol. The quantitative estimate of drug-likeness (QED) is 0.376. The van der Waals surface area contributed by atoms with Crippen LogP contribution in [0.4, 0.5) is 13.2 Å². The zero-order valence-electron chi connectivity index (χ0n) is 13.3. The largest absolute Gasteiger partial charge is 0.487 e. The highest BCUT2D eigenvalue weighted by Gasteiger charge is 2.30. The predicted octanol–water partition coefficient (Wildman–Crippen LogP) is 5.22. The first kappa shape index (κ1) is 17.9. The fourth-order valence-electron chi connectivity index (χ4n) is 2.43. The van der Waals surface area contributed by atoms with E-state index >= 15 is 0 Å². The number of oxime groups is 1. The van der Waals surface area contributed by atoms with Gasteiger partial charge < -0.3 is 9.94 Å². The summed E-state index contributed by atoms with van der Waals surface area (Å²) in [5, 5.41) is 13.8. The molecule has 1 heterocycles. The molecule has 0 aliphatic rings. The van der Waals surface area contributed by atoms with Crippen molar-refractivity contribution in [3.8, 4) is 16.9 Å². The van der Waals surface area contributed by atoms with Crippen LogP contribution in [0.5, 0.6) is 5.75 Å². The Morgan fingerprint density at radius 3 is 2.54 bits per heavy atom. The Hall–Kier alpha value is -2.87. The number of halogens is 3. The Bertz CT molecular complexity index is 892. The topological polar surface area (TPSA) is 54.7 Å². The van der Waals surface area contributed by atoms with Crippen LogP contribution in [0.2, 0.25) is 0 Å². The van der Waals surface area contributed by atoms with Crippen LogP contribution >= 0.6 is 11.3 Å². The second kappa shape index (κ2) is 7.57. The maximum absolute atomic E-state index is 12.8. The Balaban J connectivity index is 2.00. The van der Waals surface area contributed by atoms with Crippen molar-refractivity contribution in [1.29, 1.82) is 0 Å². The van der Waals surface area contributed by atoms with Crippen LogP contribution < -0.4 is 4.74 Å². The fourth-order valence-corrected chi connectivity index (χ4v) is 2.98. The number of benzene rings is 2. The molecular weight excluding hydrogens is 365 g/mol. The number of hydrogen-bond acceptors (Lipinski definition) is 5. The third-order valence-electron chi connectivity index (χ3n) is 3.62. The van der Waals surface area contributed by atoms with Crippen molar-refractivity contribution in [2.75, 3.05) is 0 Å². The Morgan fingerprint density at radius 1 is 1.15 bits per heavy atom. The molecule has 0 spiro atoms. The summed E-state index contributed by atoms with van der Waals surface area (Å²) < 4.78 is 44.2. The molecular formula is C18H13F3N2O2S. The molecule has 0 saturated heterocycles. The van der Waals surface area contributed by atoms with Crippen LogP contribution in [0.25, 0.3) is 11.1 Å². The van der Waals surface area contributed by atoms with Crippen molar-refractivity contribution in [3.63, 3.8) is 0 Å². The number of alkyl halides is 3. The maximum Gasteiger partial charge on any atom is 0.416 e. The van der Waals surface area contributed by atoms with E-state index < -0.39 is 11.7 Å². The average molecular weight is 378 g/mol. The van der Waals surface area contributed by atoms with Gasteiger partial charge in [-0.2, -0.15) is 13.2 Å². The van der Waals surface area contributed by atoms with E-state index in [-0.39, 0.29) is 6.61 Å². The van der Waals surface area contributed by atoms with Gasteiger partial charge in [-0.25, -0.2) is 4.98 Å². The lowest BCUT2D eigenvalue weighted by Crippen LogP contribution is -2.04. The molecule has 0 aliphatic heterocycles. The summed E-state index contributed by atoms with van der Waals surface area (Å²) in [6, 6.07) is 9.83. The number of ether oxygens (including phenoxy) is 1. The summed E-state index contributed by atoms with van der Waals surface area (Å²) in [5.41, 5.74) is 3.26. The van der Waals surface area contributed by atoms with Gasteiger partial charge in [0.1, 0.15) is 12.4 Å². The van der Waals surface area contributed by atoms with E-state index in [2.05, 4.69) is 10.1 Å². The summed E-state index contributed by atoms with van der Waals surface area (Å²) in [6.07, 6.45) is -3.20. The Labute approximate surface area is 151 Å². The summed E-state index contributed by atoms with van der Waals surface area (Å²) >= 11 is 1.44. The van der Waals surface area contributed by atoms with Gasteiger partial charge in [0, 0.05) is 16.5 Å². The molecule has 0 bridgehead atoms. The van der Waals surface area contributed by atoms with E-state index in [1.165, 1.54) is 29.7 Å². The zero-order valence-corrected chi connectivity index (χ0v) is 14.1. The van der Waals surface area contributed by atoms with Gasteiger partial charge >= 0.3 is 6.18 Å². The molecule has 3 aromatic rings. The Morgan fingerprint density at radius 2 is 1.92 bits per heavy atom. The molecule has 0 atom stereocenters. The van der Waals surface area contributed by atoms with Crippen LogP contribution in [0.3, 0.4) is 0 Å². The molecule has 0 aliphatic carbocycles. The summed E-state index contributed by atoms with van der Waals surface area (Å²) in [4.78, 5) is 4.13. The van der Waals surface area contributed by atoms with E-state index in [4.69, 9.17) is 9.94 Å². The molecule has 4 nitrogen and oxygen atoms in total. The first-order valence-corrected chi connectivity index (χ1v) is 8.41. The molecule has 0 amide bonds. The molecule has 0 radical (unpaired) electrons. The summed E-state index contributed by atoms with van der Waals surface area (Å²) in [7, 11) is 0. The van der Waals surface area contributed by atoms with Gasteiger partial charge in [0.15, 0.2) is 0 Å². The van der Waals surface area contributed by atoms with E-state index in [0.29, 0.717) is 22.4 Å². The summed E-state index contributed by atoms with van der Waals surface area (Å²) in [6.45, 7) is 0.219. The molecule has 0 unspecified atom stereocenters. The van der Waals surface area contributed by atoms with Gasteiger partial charge in [-0.1, -0.05) is 29.4 Å². The molecule has 2 aromatic carbocycles. The summed E-state index contributed by atoms with van der Waals surface area (Å²) in [5.74, 6) is 0.454. The number of aromatic nitrogens is 1. The number of nitrogens with zero attached hydrogens (tertiary/aromatic N) is 2. The molecule has 3 rings (SSSR count). The monoisotopic (exact) mass is 378 g/mol. The standard InChI is InChI=1S/C18H13F3N2O2S/c19-18(20,21)14-6-4-12(5-7-14)17-13(8-23-24)2-1-3-16(17)25-9-15-10-26-11-22-15/h1-8,10-11,24H,9H2. The van der Waals surface area contributed by atoms with Crippen LogP contribution in [0.15, 0.2) is 58.5 Å². The fraction of sp³-hybridized carbons (Fsp3) is 0.111. The van der Waals surface area contributed by atoms with Gasteiger partial charge in [-0.3, -0.25) is 0 Å². The number of thiazole rings is 1. The van der Waals surface area contributed by atoms with E-state index in [0.717, 1.165) is 17.8 Å². The highest BCUT2D eigenvalue weighted by Crippen LogP contribution is 2.36. The normalized spacial score (nSPS) is 11.8. The van der Waals surface area contributed by atoms with Crippen molar-refractivity contribution in [3.05, 3.63) is 70.2 Å². The first-order valence-electron chi connectivity index (χ1n) is 7.47. The lowest BCUT2D eigenvalue weighted by molar-refractivity contribution is -0.137. The minimum absolute atomic E-state index is 0.219. The van der Waals surface area contributed by atoms with E-state index in [9.17, 15) is 13.2 Å². The Kier molecular flexibility index (Phi) is 5.22. The molecule has 1 aromatic heterocycles. The van der Waals surface area contributed by atoms with Gasteiger partial charge in [0.2, 0.25) is 0 Å². The van der Waals surface area contributed by atoms with Crippen molar-refractivity contribution < 1.29 is 23.1 Å². The average Bonchev–Trinajstić information content (AvgIpc) is 3.13. The van der Waals surface area contributed by atoms with Crippen molar-refractivity contribution >= 4 is 17.6 Å². The second-order valence-electron chi connectivity index (χ2n) is 5.31. The van der Waals surface area contributed by atoms with Gasteiger partial charge in [0.05, 0.1) is 23.0 Å². The van der Waals surface area contributed by atoms with Crippen molar-refractivity contribution in [2.45, 2.75) is 12.8 Å². The maximum atomic E-state index is 12.8. The first-order chi connectivity index (χ1) is 12.5. The number of rotatable bonds is 5. The highest BCUT2D eigenvalue weighted by molar-refractivity contribution is 7.07. The molecule has 26 heavy (non-hydrogen) atoms. The third-order valence-corrected chi connectivity index (χ3v) is 4.25. The molecule has 1 N–H and O–H groups in total. The molecule has 134 valence electrons. The minimum atomic E-state index is -4.41. The number of hydrogen-bond donors (Lipinski definition) is 1. The lowest BCUT2D eigenvalue weighted by Gasteiger charge is -2.14. The minimum Gasteiger partial charge on any atom is -0.487 e. The smallest absolute Gasteiger partial charge is 0.416 e. The molecule has 8 heteroatoms. The van der Waals surface area contributed by atoms with Crippen LogP contribution in [-0.4, -0.2) is 16.4 Å². The van der Waals surface area contributed by atoms with Crippen molar-refractivity contribution in [2.24, 2.45) is 5.16 Å². The van der Waals surface area contributed by atoms with Crippen LogP contribution in [-0.2, 0) is 12.8 Å².